The molecule has 1 atom stereocenters. The summed E-state index contributed by atoms with van der Waals surface area (Å²) >= 11 is 5.89. The molecule has 1 unspecified atom stereocenters. The van der Waals surface area contributed by atoms with E-state index in [4.69, 9.17) is 16.3 Å². The molecule has 1 aliphatic carbocycles. The van der Waals surface area contributed by atoms with Crippen molar-refractivity contribution in [3.05, 3.63) is 29.3 Å². The van der Waals surface area contributed by atoms with Crippen LogP contribution in [0.4, 0.5) is 0 Å². The van der Waals surface area contributed by atoms with Crippen LogP contribution in [0.15, 0.2) is 24.3 Å². The summed E-state index contributed by atoms with van der Waals surface area (Å²) in [6.45, 7) is 3.09. The van der Waals surface area contributed by atoms with Crippen LogP contribution in [-0.2, 0) is 4.79 Å². The molecule has 1 saturated carbocycles. The quantitative estimate of drug-likeness (QED) is 0.807. The van der Waals surface area contributed by atoms with Crippen LogP contribution < -0.4 is 15.4 Å². The van der Waals surface area contributed by atoms with Crippen LogP contribution in [0.1, 0.15) is 19.3 Å². The number of nitrogens with one attached hydrogen (secondary N) is 2. The maximum atomic E-state index is 12.1. The maximum Gasteiger partial charge on any atom is 0.223 e. The van der Waals surface area contributed by atoms with E-state index in [2.05, 4.69) is 10.6 Å². The van der Waals surface area contributed by atoms with Gasteiger partial charge in [0.25, 0.3) is 0 Å². The molecule has 1 heterocycles. The first-order valence-electron chi connectivity index (χ1n) is 7.56. The third-order valence-corrected chi connectivity index (χ3v) is 4.81. The molecule has 122 valence electrons. The van der Waals surface area contributed by atoms with Gasteiger partial charge in [-0.15, -0.1) is 12.4 Å². The minimum Gasteiger partial charge on any atom is -0.492 e. The fourth-order valence-corrected chi connectivity index (χ4v) is 3.40. The molecular formula is C16H22Cl2N2O2. The molecule has 0 aromatic heterocycles. The average Bonchev–Trinajstić information content (AvgIpc) is 3.18. The number of hydrogen-bond acceptors (Lipinski definition) is 3. The van der Waals surface area contributed by atoms with Crippen molar-refractivity contribution in [1.82, 2.24) is 10.6 Å². The summed E-state index contributed by atoms with van der Waals surface area (Å²) in [6.07, 6.45) is 3.31. The van der Waals surface area contributed by atoms with E-state index in [0.29, 0.717) is 23.6 Å². The fourth-order valence-electron chi connectivity index (χ4n) is 3.22. The lowest BCUT2D eigenvalue weighted by molar-refractivity contribution is -0.123. The van der Waals surface area contributed by atoms with Crippen molar-refractivity contribution in [2.24, 2.45) is 11.3 Å². The predicted octanol–water partition coefficient (Wildman–Crippen LogP) is 2.65. The first-order valence-corrected chi connectivity index (χ1v) is 7.94. The lowest BCUT2D eigenvalue weighted by atomic mass is 9.92. The second-order valence-corrected chi connectivity index (χ2v) is 6.40. The van der Waals surface area contributed by atoms with Gasteiger partial charge < -0.3 is 15.4 Å². The van der Waals surface area contributed by atoms with Crippen molar-refractivity contribution >= 4 is 29.9 Å². The van der Waals surface area contributed by atoms with Crippen LogP contribution in [0.5, 0.6) is 5.75 Å². The molecule has 2 aliphatic rings. The van der Waals surface area contributed by atoms with Gasteiger partial charge in [0.1, 0.15) is 12.4 Å². The Morgan fingerprint density at radius 3 is 2.91 bits per heavy atom. The number of halogens is 2. The topological polar surface area (TPSA) is 50.4 Å². The summed E-state index contributed by atoms with van der Waals surface area (Å²) in [7, 11) is 0. The second-order valence-electron chi connectivity index (χ2n) is 5.97. The Morgan fingerprint density at radius 2 is 2.18 bits per heavy atom. The lowest BCUT2D eigenvalue weighted by Gasteiger charge is -2.23. The molecule has 4 nitrogen and oxygen atoms in total. The third kappa shape index (κ3) is 4.06. The first-order chi connectivity index (χ1) is 10.2. The molecule has 2 fully saturated rings. The van der Waals surface area contributed by atoms with Gasteiger partial charge >= 0.3 is 0 Å². The van der Waals surface area contributed by atoms with E-state index >= 15 is 0 Å². The minimum atomic E-state index is 0. The second kappa shape index (κ2) is 7.53. The number of hydrogen-bond donors (Lipinski definition) is 2. The zero-order chi connectivity index (χ0) is 14.7. The Morgan fingerprint density at radius 1 is 1.41 bits per heavy atom. The average molecular weight is 345 g/mol. The van der Waals surface area contributed by atoms with E-state index in [0.717, 1.165) is 38.1 Å². The van der Waals surface area contributed by atoms with Crippen molar-refractivity contribution in [1.29, 1.82) is 0 Å². The highest BCUT2D eigenvalue weighted by Gasteiger charge is 2.57. The van der Waals surface area contributed by atoms with Crippen molar-refractivity contribution in [2.45, 2.75) is 19.3 Å². The summed E-state index contributed by atoms with van der Waals surface area (Å²) < 4.78 is 5.57. The standard InChI is InChI=1S/C16H21ClN2O2.ClH/c17-12-2-1-3-13(10-12)21-9-8-19-15(20)14-11-16(14)4-6-18-7-5-16;/h1-3,10,14,18H,4-9,11H2,(H,19,20);1H. The molecule has 0 radical (unpaired) electrons. The van der Waals surface area contributed by atoms with Gasteiger partial charge in [-0.2, -0.15) is 0 Å². The fraction of sp³-hybridized carbons (Fsp3) is 0.562. The zero-order valence-electron chi connectivity index (χ0n) is 12.4. The summed E-state index contributed by atoms with van der Waals surface area (Å²) in [6, 6.07) is 7.29. The summed E-state index contributed by atoms with van der Waals surface area (Å²) in [5.41, 5.74) is 0.295. The summed E-state index contributed by atoms with van der Waals surface area (Å²) in [5, 5.41) is 6.99. The van der Waals surface area contributed by atoms with Crippen LogP contribution >= 0.6 is 24.0 Å². The van der Waals surface area contributed by atoms with Gasteiger partial charge in [0.05, 0.1) is 6.54 Å². The normalized spacial score (nSPS) is 21.8. The molecule has 6 heteroatoms. The molecule has 1 aromatic rings. The van der Waals surface area contributed by atoms with Crippen LogP contribution in [0.25, 0.3) is 0 Å². The molecule has 3 rings (SSSR count). The highest BCUT2D eigenvalue weighted by Crippen LogP contribution is 2.58. The van der Waals surface area contributed by atoms with Gasteiger partial charge in [-0.3, -0.25) is 4.79 Å². The number of carbonyl (C=O) groups is 1. The largest absolute Gasteiger partial charge is 0.492 e. The smallest absolute Gasteiger partial charge is 0.223 e. The van der Waals surface area contributed by atoms with Crippen LogP contribution in [-0.4, -0.2) is 32.1 Å². The van der Waals surface area contributed by atoms with Crippen LogP contribution in [0.2, 0.25) is 5.02 Å². The molecule has 2 N–H and O–H groups in total. The monoisotopic (exact) mass is 344 g/mol. The Balaban J connectivity index is 0.00000176. The van der Waals surface area contributed by atoms with Gasteiger partial charge in [0, 0.05) is 10.9 Å². The molecule has 1 saturated heterocycles. The maximum absolute atomic E-state index is 12.1. The van der Waals surface area contributed by atoms with Gasteiger partial charge in [-0.05, 0) is 56.0 Å². The van der Waals surface area contributed by atoms with E-state index < -0.39 is 0 Å². The number of rotatable bonds is 5. The number of amides is 1. The minimum absolute atomic E-state index is 0. The highest BCUT2D eigenvalue weighted by atomic mass is 35.5. The predicted molar refractivity (Wildman–Crippen MR) is 89.8 cm³/mol. The number of ether oxygens (including phenoxy) is 1. The van der Waals surface area contributed by atoms with Crippen molar-refractivity contribution in [3.63, 3.8) is 0 Å². The van der Waals surface area contributed by atoms with Crippen LogP contribution in [0.3, 0.4) is 0 Å². The van der Waals surface area contributed by atoms with Gasteiger partial charge in [-0.25, -0.2) is 0 Å². The number of benzene rings is 1. The molecule has 22 heavy (non-hydrogen) atoms. The SMILES string of the molecule is Cl.O=C(NCCOc1cccc(Cl)c1)C1CC12CCNCC2. The highest BCUT2D eigenvalue weighted by molar-refractivity contribution is 6.30. The molecule has 1 spiro atoms. The van der Waals surface area contributed by atoms with Crippen molar-refractivity contribution < 1.29 is 9.53 Å². The van der Waals surface area contributed by atoms with Crippen LogP contribution in [0, 0.1) is 11.3 Å². The van der Waals surface area contributed by atoms with E-state index in [1.54, 1.807) is 6.07 Å². The zero-order valence-corrected chi connectivity index (χ0v) is 14.0. The van der Waals surface area contributed by atoms with E-state index in [-0.39, 0.29) is 24.2 Å². The van der Waals surface area contributed by atoms with Gasteiger partial charge in [0.2, 0.25) is 5.91 Å². The van der Waals surface area contributed by atoms with E-state index in [9.17, 15) is 4.79 Å². The summed E-state index contributed by atoms with van der Waals surface area (Å²) in [5.74, 6) is 1.13. The Kier molecular flexibility index (Phi) is 5.95. The van der Waals surface area contributed by atoms with Gasteiger partial charge in [-0.1, -0.05) is 17.7 Å². The number of piperidine rings is 1. The molecular weight excluding hydrogens is 323 g/mol. The first kappa shape index (κ1) is 17.4. The third-order valence-electron chi connectivity index (χ3n) is 4.57. The van der Waals surface area contributed by atoms with E-state index in [1.807, 2.05) is 18.2 Å². The van der Waals surface area contributed by atoms with Crippen molar-refractivity contribution in [2.75, 3.05) is 26.2 Å². The van der Waals surface area contributed by atoms with Gasteiger partial charge in [0.15, 0.2) is 0 Å². The summed E-state index contributed by atoms with van der Waals surface area (Å²) in [4.78, 5) is 12.1. The lowest BCUT2D eigenvalue weighted by Crippen LogP contribution is -2.35. The Hall–Kier alpha value is -0.970. The molecule has 1 aliphatic heterocycles. The Labute approximate surface area is 142 Å². The number of carbonyl (C=O) groups excluding carboxylic acids is 1. The van der Waals surface area contributed by atoms with Crippen molar-refractivity contribution in [3.8, 4) is 5.75 Å². The molecule has 1 amide bonds. The molecule has 0 bridgehead atoms. The Bertz CT molecular complexity index is 519. The molecule has 1 aromatic carbocycles. The van der Waals surface area contributed by atoms with E-state index in [1.165, 1.54) is 0 Å².